The molecule has 2 nitrogen and oxygen atoms in total. The van der Waals surface area contributed by atoms with E-state index in [0.29, 0.717) is 5.69 Å². The maximum absolute atomic E-state index is 14.0. The average molecular weight is 310 g/mol. The van der Waals surface area contributed by atoms with Crippen LogP contribution in [0.1, 0.15) is 27.0 Å². The zero-order valence-electron chi connectivity index (χ0n) is 11.9. The predicted molar refractivity (Wildman–Crippen MR) is 80.0 cm³/mol. The van der Waals surface area contributed by atoms with Gasteiger partial charge in [0.1, 0.15) is 0 Å². The predicted octanol–water partition coefficient (Wildman–Crippen LogP) is 4.80. The van der Waals surface area contributed by atoms with E-state index in [1.165, 1.54) is 13.8 Å². The maximum atomic E-state index is 14.0. The van der Waals surface area contributed by atoms with E-state index >= 15 is 0 Å². The van der Waals surface area contributed by atoms with E-state index in [-0.39, 0.29) is 21.7 Å². The van der Waals surface area contributed by atoms with Crippen LogP contribution in [0.2, 0.25) is 5.02 Å². The normalized spacial score (nSPS) is 10.6. The molecule has 0 aliphatic heterocycles. The Kier molecular flexibility index (Phi) is 4.28. The molecule has 0 radical (unpaired) electrons. The van der Waals surface area contributed by atoms with E-state index in [0.717, 1.165) is 5.56 Å². The lowest BCUT2D eigenvalue weighted by molar-refractivity contribution is 0.102. The van der Waals surface area contributed by atoms with E-state index in [1.54, 1.807) is 18.2 Å². The van der Waals surface area contributed by atoms with Crippen molar-refractivity contribution in [3.8, 4) is 0 Å². The summed E-state index contributed by atoms with van der Waals surface area (Å²) in [7, 11) is 0. The van der Waals surface area contributed by atoms with Crippen LogP contribution >= 0.6 is 11.6 Å². The lowest BCUT2D eigenvalue weighted by Crippen LogP contribution is -2.17. The number of carbonyl (C=O) groups is 1. The highest BCUT2D eigenvalue weighted by atomic mass is 35.5. The Balaban J connectivity index is 2.45. The molecular weight excluding hydrogens is 296 g/mol. The topological polar surface area (TPSA) is 29.1 Å². The van der Waals surface area contributed by atoms with Crippen LogP contribution in [0.25, 0.3) is 0 Å². The molecule has 110 valence electrons. The lowest BCUT2D eigenvalue weighted by Gasteiger charge is -2.13. The van der Waals surface area contributed by atoms with Gasteiger partial charge in [0.25, 0.3) is 5.91 Å². The first-order valence-corrected chi connectivity index (χ1v) is 6.72. The zero-order valence-corrected chi connectivity index (χ0v) is 12.6. The summed E-state index contributed by atoms with van der Waals surface area (Å²) in [5.74, 6) is -3.00. The van der Waals surface area contributed by atoms with Gasteiger partial charge in [0, 0.05) is 11.3 Å². The third-order valence-electron chi connectivity index (χ3n) is 3.28. The summed E-state index contributed by atoms with van der Waals surface area (Å²) < 4.78 is 27.8. The van der Waals surface area contributed by atoms with E-state index in [4.69, 9.17) is 11.6 Å². The number of hydrogen-bond acceptors (Lipinski definition) is 1. The molecule has 0 atom stereocenters. The molecule has 1 N–H and O–H groups in total. The molecule has 21 heavy (non-hydrogen) atoms. The van der Waals surface area contributed by atoms with Crippen LogP contribution in [-0.4, -0.2) is 5.91 Å². The van der Waals surface area contributed by atoms with E-state index < -0.39 is 17.5 Å². The summed E-state index contributed by atoms with van der Waals surface area (Å²) in [5, 5.41) is 2.61. The van der Waals surface area contributed by atoms with Crippen LogP contribution in [0, 0.1) is 32.4 Å². The number of benzene rings is 2. The van der Waals surface area contributed by atoms with Gasteiger partial charge in [0.05, 0.1) is 10.6 Å². The van der Waals surface area contributed by atoms with Gasteiger partial charge < -0.3 is 5.32 Å². The largest absolute Gasteiger partial charge is 0.322 e. The smallest absolute Gasteiger partial charge is 0.259 e. The number of anilines is 1. The average Bonchev–Trinajstić information content (AvgIpc) is 2.43. The quantitative estimate of drug-likeness (QED) is 0.794. The minimum atomic E-state index is -1.18. The van der Waals surface area contributed by atoms with Gasteiger partial charge in [0.2, 0.25) is 0 Å². The summed E-state index contributed by atoms with van der Waals surface area (Å²) in [6.45, 7) is 4.73. The van der Waals surface area contributed by atoms with Crippen LogP contribution < -0.4 is 5.32 Å². The molecule has 0 aliphatic carbocycles. The van der Waals surface area contributed by atoms with Gasteiger partial charge in [-0.25, -0.2) is 8.78 Å². The zero-order chi connectivity index (χ0) is 15.7. The first-order valence-electron chi connectivity index (χ1n) is 6.34. The third kappa shape index (κ3) is 2.90. The van der Waals surface area contributed by atoms with Crippen molar-refractivity contribution < 1.29 is 13.6 Å². The molecule has 0 unspecified atom stereocenters. The second kappa shape index (κ2) is 5.82. The van der Waals surface area contributed by atoms with Gasteiger partial charge in [-0.15, -0.1) is 0 Å². The summed E-state index contributed by atoms with van der Waals surface area (Å²) in [6, 6.07) is 7.03. The molecule has 0 bridgehead atoms. The van der Waals surface area contributed by atoms with Crippen LogP contribution in [0.3, 0.4) is 0 Å². The van der Waals surface area contributed by atoms with Crippen molar-refractivity contribution in [2.45, 2.75) is 20.8 Å². The molecule has 1 amide bonds. The van der Waals surface area contributed by atoms with Crippen molar-refractivity contribution in [2.24, 2.45) is 0 Å². The Morgan fingerprint density at radius 2 is 1.76 bits per heavy atom. The molecule has 0 fully saturated rings. The minimum absolute atomic E-state index is 0.00114. The van der Waals surface area contributed by atoms with E-state index in [9.17, 15) is 13.6 Å². The fourth-order valence-corrected chi connectivity index (χ4v) is 2.29. The number of aryl methyl sites for hydroxylation is 1. The van der Waals surface area contributed by atoms with Gasteiger partial charge in [-0.1, -0.05) is 23.7 Å². The Morgan fingerprint density at radius 1 is 1.10 bits per heavy atom. The highest BCUT2D eigenvalue weighted by molar-refractivity contribution is 6.32. The molecule has 0 saturated carbocycles. The van der Waals surface area contributed by atoms with Gasteiger partial charge in [-0.05, 0) is 44.0 Å². The van der Waals surface area contributed by atoms with Gasteiger partial charge in [-0.2, -0.15) is 0 Å². The SMILES string of the molecule is Cc1cccc(NC(=O)c2c(C)c(Cl)c(C)c(F)c2F)c1. The van der Waals surface area contributed by atoms with Gasteiger partial charge in [-0.3, -0.25) is 4.79 Å². The van der Waals surface area contributed by atoms with Gasteiger partial charge >= 0.3 is 0 Å². The standard InChI is InChI=1S/C16H14ClF2NO/c1-8-5-4-6-11(7-8)20-16(21)12-9(2)13(17)10(3)14(18)15(12)19/h4-7H,1-3H3,(H,20,21). The molecule has 0 aromatic heterocycles. The third-order valence-corrected chi connectivity index (χ3v) is 3.84. The van der Waals surface area contributed by atoms with Crippen LogP contribution in [0.15, 0.2) is 24.3 Å². The summed E-state index contributed by atoms with van der Waals surface area (Å²) in [5.41, 5.74) is 1.30. The molecule has 0 spiro atoms. The lowest BCUT2D eigenvalue weighted by atomic mass is 10.0. The number of halogens is 3. The molecule has 2 aromatic rings. The Labute approximate surface area is 126 Å². The first kappa shape index (κ1) is 15.4. The first-order chi connectivity index (χ1) is 9.82. The number of nitrogens with one attached hydrogen (secondary N) is 1. The van der Waals surface area contributed by atoms with Crippen molar-refractivity contribution >= 4 is 23.2 Å². The summed E-state index contributed by atoms with van der Waals surface area (Å²) in [6.07, 6.45) is 0. The molecular formula is C16H14ClF2NO. The van der Waals surface area contributed by atoms with Crippen molar-refractivity contribution in [2.75, 3.05) is 5.32 Å². The Hall–Kier alpha value is -1.94. The second-order valence-corrected chi connectivity index (χ2v) is 5.27. The fourth-order valence-electron chi connectivity index (χ4n) is 2.11. The molecule has 0 saturated heterocycles. The molecule has 0 aliphatic rings. The number of rotatable bonds is 2. The summed E-state index contributed by atoms with van der Waals surface area (Å²) >= 11 is 5.95. The summed E-state index contributed by atoms with van der Waals surface area (Å²) in [4.78, 5) is 12.2. The van der Waals surface area contributed by atoms with Crippen LogP contribution in [0.5, 0.6) is 0 Å². The highest BCUT2D eigenvalue weighted by Crippen LogP contribution is 2.29. The van der Waals surface area contributed by atoms with Crippen LogP contribution in [0.4, 0.5) is 14.5 Å². The molecule has 0 heterocycles. The molecule has 2 aromatic carbocycles. The van der Waals surface area contributed by atoms with E-state index in [1.807, 2.05) is 13.0 Å². The van der Waals surface area contributed by atoms with Crippen LogP contribution in [-0.2, 0) is 0 Å². The molecule has 2 rings (SSSR count). The van der Waals surface area contributed by atoms with Crippen molar-refractivity contribution in [1.29, 1.82) is 0 Å². The molecule has 5 heteroatoms. The van der Waals surface area contributed by atoms with Crippen molar-refractivity contribution in [3.63, 3.8) is 0 Å². The second-order valence-electron chi connectivity index (χ2n) is 4.89. The maximum Gasteiger partial charge on any atom is 0.259 e. The Morgan fingerprint density at radius 3 is 2.38 bits per heavy atom. The number of amides is 1. The monoisotopic (exact) mass is 309 g/mol. The fraction of sp³-hybridized carbons (Fsp3) is 0.188. The minimum Gasteiger partial charge on any atom is -0.322 e. The van der Waals surface area contributed by atoms with Gasteiger partial charge in [0.15, 0.2) is 11.6 Å². The highest BCUT2D eigenvalue weighted by Gasteiger charge is 2.24. The number of carbonyl (C=O) groups excluding carboxylic acids is 1. The Bertz CT molecular complexity index is 699. The van der Waals surface area contributed by atoms with E-state index in [2.05, 4.69) is 5.32 Å². The number of hydrogen-bond donors (Lipinski definition) is 1. The van der Waals surface area contributed by atoms with Crippen molar-refractivity contribution in [1.82, 2.24) is 0 Å². The van der Waals surface area contributed by atoms with Crippen molar-refractivity contribution in [3.05, 3.63) is 63.2 Å².